The molecule has 9 N–H and O–H groups in total. The lowest BCUT2D eigenvalue weighted by Crippen LogP contribution is -2.37. The van der Waals surface area contributed by atoms with Crippen molar-refractivity contribution in [3.8, 4) is 0 Å². The lowest BCUT2D eigenvalue weighted by atomic mass is 10.1. The quantitative estimate of drug-likeness (QED) is 0.292. The van der Waals surface area contributed by atoms with E-state index in [1.165, 1.54) is 0 Å². The molecular formula is C11H14F9N3O8. The average Bonchev–Trinajstić information content (AvgIpc) is 2.51. The zero-order valence-electron chi connectivity index (χ0n) is 14.5. The second kappa shape index (κ2) is 14.6. The summed E-state index contributed by atoms with van der Waals surface area (Å²) in [5.74, 6) is -9.36. The van der Waals surface area contributed by atoms with Crippen LogP contribution in [0.3, 0.4) is 0 Å². The molecule has 1 atom stereocenters. The Hall–Kier alpha value is -3.32. The molecule has 0 radical (unpaired) electrons. The van der Waals surface area contributed by atoms with E-state index in [1.54, 1.807) is 0 Å². The summed E-state index contributed by atoms with van der Waals surface area (Å²) >= 11 is 0. The third-order valence-corrected chi connectivity index (χ3v) is 1.79. The van der Waals surface area contributed by atoms with Crippen molar-refractivity contribution < 1.29 is 78.8 Å². The highest BCUT2D eigenvalue weighted by molar-refractivity contribution is 5.81. The molecule has 184 valence electrons. The number of halogens is 9. The van der Waals surface area contributed by atoms with E-state index in [2.05, 4.69) is 0 Å². The second-order valence-electron chi connectivity index (χ2n) is 4.42. The van der Waals surface area contributed by atoms with Crippen molar-refractivity contribution in [1.29, 1.82) is 0 Å². The van der Waals surface area contributed by atoms with Gasteiger partial charge in [-0.15, -0.1) is 0 Å². The lowest BCUT2D eigenvalue weighted by Gasteiger charge is -2.03. The number of primary amides is 2. The molecule has 0 aromatic heterocycles. The number of nitrogens with two attached hydrogens (primary N) is 3. The standard InChI is InChI=1S/C5H11N3O2.3C2HF3O2/c6-3(5(8)10)1-2-4(7)9;3*3-2(4,5)1(6)7/h3H,1-2,6H2,(H2,7,9)(H2,8,10);3*(H,6,7). The molecule has 1 unspecified atom stereocenters. The molecule has 31 heavy (non-hydrogen) atoms. The molecule has 0 aromatic rings. The molecular weight excluding hydrogens is 473 g/mol. The van der Waals surface area contributed by atoms with Gasteiger partial charge in [-0.25, -0.2) is 14.4 Å². The van der Waals surface area contributed by atoms with Crippen LogP contribution in [0.25, 0.3) is 0 Å². The summed E-state index contributed by atoms with van der Waals surface area (Å²) in [7, 11) is 0. The Labute approximate surface area is 164 Å². The van der Waals surface area contributed by atoms with Crippen molar-refractivity contribution in [2.75, 3.05) is 0 Å². The van der Waals surface area contributed by atoms with Crippen molar-refractivity contribution in [2.24, 2.45) is 17.2 Å². The molecule has 0 spiro atoms. The van der Waals surface area contributed by atoms with Crippen LogP contribution in [0.5, 0.6) is 0 Å². The topological polar surface area (TPSA) is 224 Å². The SMILES string of the molecule is NC(=O)CCC(N)C(N)=O.O=C(O)C(F)(F)F.O=C(O)C(F)(F)F.O=C(O)C(F)(F)F. The molecule has 0 aliphatic carbocycles. The molecule has 0 rings (SSSR count). The van der Waals surface area contributed by atoms with Crippen molar-refractivity contribution >= 4 is 29.7 Å². The fourth-order valence-corrected chi connectivity index (χ4v) is 0.440. The van der Waals surface area contributed by atoms with Gasteiger partial charge in [0, 0.05) is 6.42 Å². The number of hydrogen-bond donors (Lipinski definition) is 6. The number of aliphatic carboxylic acids is 3. The third-order valence-electron chi connectivity index (χ3n) is 1.79. The average molecular weight is 487 g/mol. The summed E-state index contributed by atoms with van der Waals surface area (Å²) in [4.78, 5) is 47.1. The van der Waals surface area contributed by atoms with Crippen LogP contribution in [0, 0.1) is 0 Å². The zero-order chi connectivity index (χ0) is 26.4. The molecule has 0 fully saturated rings. The van der Waals surface area contributed by atoms with Gasteiger partial charge in [0.15, 0.2) is 0 Å². The van der Waals surface area contributed by atoms with Crippen LogP contribution in [0.15, 0.2) is 0 Å². The van der Waals surface area contributed by atoms with Crippen LogP contribution >= 0.6 is 0 Å². The number of hydrogen-bond acceptors (Lipinski definition) is 6. The van der Waals surface area contributed by atoms with Gasteiger partial charge in [0.2, 0.25) is 11.8 Å². The van der Waals surface area contributed by atoms with Gasteiger partial charge in [0.25, 0.3) is 0 Å². The van der Waals surface area contributed by atoms with Crippen LogP contribution in [-0.4, -0.2) is 69.6 Å². The Kier molecular flexibility index (Phi) is 16.6. The van der Waals surface area contributed by atoms with E-state index in [-0.39, 0.29) is 12.8 Å². The number of carboxylic acids is 3. The Balaban J connectivity index is -0.000000159. The maximum atomic E-state index is 10.6. The van der Waals surface area contributed by atoms with Crippen LogP contribution in [0.1, 0.15) is 12.8 Å². The van der Waals surface area contributed by atoms with E-state index in [0.29, 0.717) is 0 Å². The highest BCUT2D eigenvalue weighted by Crippen LogP contribution is 2.14. The Morgan fingerprint density at radius 3 is 0.935 bits per heavy atom. The van der Waals surface area contributed by atoms with E-state index in [9.17, 15) is 49.1 Å². The van der Waals surface area contributed by atoms with Gasteiger partial charge >= 0.3 is 36.4 Å². The monoisotopic (exact) mass is 487 g/mol. The first-order valence-electron chi connectivity index (χ1n) is 6.60. The van der Waals surface area contributed by atoms with Gasteiger partial charge in [-0.2, -0.15) is 39.5 Å². The first kappa shape index (κ1) is 35.1. The van der Waals surface area contributed by atoms with Crippen LogP contribution in [-0.2, 0) is 24.0 Å². The minimum Gasteiger partial charge on any atom is -0.475 e. The molecule has 0 aromatic carbocycles. The summed E-state index contributed by atoms with van der Waals surface area (Å²) in [6.45, 7) is 0. The summed E-state index contributed by atoms with van der Waals surface area (Å²) in [6, 6.07) is -0.757. The number of alkyl halides is 9. The normalized spacial score (nSPS) is 11.7. The minimum absolute atomic E-state index is 0.101. The summed E-state index contributed by atoms with van der Waals surface area (Å²) in [6.07, 6.45) is -14.9. The molecule has 0 saturated carbocycles. The number of rotatable bonds is 4. The van der Waals surface area contributed by atoms with Gasteiger partial charge in [0.05, 0.1) is 6.04 Å². The van der Waals surface area contributed by atoms with Gasteiger partial charge in [-0.3, -0.25) is 9.59 Å². The van der Waals surface area contributed by atoms with Gasteiger partial charge in [0.1, 0.15) is 0 Å². The van der Waals surface area contributed by atoms with Gasteiger partial charge in [-0.1, -0.05) is 0 Å². The molecule has 2 amide bonds. The maximum absolute atomic E-state index is 10.6. The number of carbonyl (C=O) groups is 5. The van der Waals surface area contributed by atoms with E-state index in [4.69, 9.17) is 46.9 Å². The van der Waals surface area contributed by atoms with E-state index in [0.717, 1.165) is 0 Å². The zero-order valence-corrected chi connectivity index (χ0v) is 14.5. The van der Waals surface area contributed by atoms with Crippen molar-refractivity contribution in [3.63, 3.8) is 0 Å². The first-order chi connectivity index (χ1) is 13.4. The predicted octanol–water partition coefficient (Wildman–Crippen LogP) is -0.0356. The summed E-state index contributed by atoms with van der Waals surface area (Å²) in [5, 5.41) is 21.4. The van der Waals surface area contributed by atoms with Gasteiger partial charge in [-0.05, 0) is 6.42 Å². The highest BCUT2D eigenvalue weighted by Gasteiger charge is 2.39. The molecule has 20 heteroatoms. The molecule has 0 aliphatic rings. The molecule has 0 saturated heterocycles. The van der Waals surface area contributed by atoms with E-state index < -0.39 is 54.3 Å². The molecule has 0 aliphatic heterocycles. The smallest absolute Gasteiger partial charge is 0.475 e. The Bertz CT molecular complexity index is 560. The number of amides is 2. The number of carbonyl (C=O) groups excluding carboxylic acids is 2. The lowest BCUT2D eigenvalue weighted by molar-refractivity contribution is -0.193. The fraction of sp³-hybridized carbons (Fsp3) is 0.545. The molecule has 0 bridgehead atoms. The number of carboxylic acid groups (broad SMARTS) is 3. The third kappa shape index (κ3) is 29.0. The molecule has 11 nitrogen and oxygen atoms in total. The first-order valence-corrected chi connectivity index (χ1v) is 6.60. The predicted molar refractivity (Wildman–Crippen MR) is 76.7 cm³/mol. The maximum Gasteiger partial charge on any atom is 0.490 e. The van der Waals surface area contributed by atoms with Gasteiger partial charge < -0.3 is 32.5 Å². The fourth-order valence-electron chi connectivity index (χ4n) is 0.440. The minimum atomic E-state index is -5.08. The Morgan fingerprint density at radius 2 is 0.839 bits per heavy atom. The largest absolute Gasteiger partial charge is 0.490 e. The Morgan fingerprint density at radius 1 is 0.645 bits per heavy atom. The van der Waals surface area contributed by atoms with Crippen molar-refractivity contribution in [2.45, 2.75) is 37.4 Å². The van der Waals surface area contributed by atoms with E-state index in [1.807, 2.05) is 0 Å². The summed E-state index contributed by atoms with van der Waals surface area (Å²) < 4.78 is 95.2. The molecule has 0 heterocycles. The van der Waals surface area contributed by atoms with Crippen molar-refractivity contribution in [3.05, 3.63) is 0 Å². The van der Waals surface area contributed by atoms with Crippen LogP contribution < -0.4 is 17.2 Å². The van der Waals surface area contributed by atoms with Crippen LogP contribution in [0.2, 0.25) is 0 Å². The van der Waals surface area contributed by atoms with Crippen molar-refractivity contribution in [1.82, 2.24) is 0 Å². The summed E-state index contributed by atoms with van der Waals surface area (Å²) in [5.41, 5.74) is 14.8. The highest BCUT2D eigenvalue weighted by atomic mass is 19.4. The van der Waals surface area contributed by atoms with Crippen LogP contribution in [0.4, 0.5) is 39.5 Å². The second-order valence-corrected chi connectivity index (χ2v) is 4.42. The van der Waals surface area contributed by atoms with E-state index >= 15 is 0 Å².